The monoisotopic (exact) mass is 228 g/mol. The molecule has 0 aliphatic heterocycles. The third-order valence-corrected chi connectivity index (χ3v) is 2.80. The van der Waals surface area contributed by atoms with Crippen molar-refractivity contribution in [2.24, 2.45) is 5.73 Å². The minimum Gasteiger partial charge on any atom is -0.480 e. The van der Waals surface area contributed by atoms with Gasteiger partial charge in [0.1, 0.15) is 13.4 Å². The average molecular weight is 228 g/mol. The zero-order chi connectivity index (χ0) is 12.4. The molecule has 0 aromatic carbocycles. The maximum Gasteiger partial charge on any atom is 0.325 e. The summed E-state index contributed by atoms with van der Waals surface area (Å²) in [4.78, 5) is 11.1. The zero-order valence-electron chi connectivity index (χ0n) is 10.6. The van der Waals surface area contributed by atoms with Crippen LogP contribution in [0.25, 0.3) is 0 Å². The van der Waals surface area contributed by atoms with E-state index in [2.05, 4.69) is 20.1 Å². The summed E-state index contributed by atoms with van der Waals surface area (Å²) in [5.41, 5.74) is 4.81. The third-order valence-electron chi connectivity index (χ3n) is 2.80. The van der Waals surface area contributed by atoms with Crippen molar-refractivity contribution in [3.63, 3.8) is 0 Å². The summed E-state index contributed by atoms with van der Waals surface area (Å²) >= 11 is 0. The summed E-state index contributed by atoms with van der Waals surface area (Å²) in [6.07, 6.45) is 5.72. The highest BCUT2D eigenvalue weighted by Crippen LogP contribution is 2.12. The number of carbonyl (C=O) groups is 1. The fourth-order valence-electron chi connectivity index (χ4n) is 1.57. The molecule has 94 valence electrons. The largest absolute Gasteiger partial charge is 0.480 e. The molecule has 0 aromatic heterocycles. The molecule has 0 spiro atoms. The molecule has 1 unspecified atom stereocenters. The molecular formula is C11H25BN2O2. The fourth-order valence-corrected chi connectivity index (χ4v) is 1.57. The van der Waals surface area contributed by atoms with Crippen LogP contribution in [0.1, 0.15) is 39.0 Å². The van der Waals surface area contributed by atoms with Gasteiger partial charge in [-0.3, -0.25) is 4.79 Å². The molecule has 1 atom stereocenters. The molecule has 4 N–H and O–H groups in total. The first-order valence-corrected chi connectivity index (χ1v) is 6.29. The predicted molar refractivity (Wildman–Crippen MR) is 69.5 cm³/mol. The van der Waals surface area contributed by atoms with Crippen LogP contribution in [-0.2, 0) is 4.79 Å². The number of nitrogens with two attached hydrogens (primary N) is 1. The lowest BCUT2D eigenvalue weighted by atomic mass is 9.90. The number of carboxylic acid groups (broad SMARTS) is 1. The molecule has 0 fully saturated rings. The quantitative estimate of drug-likeness (QED) is 0.373. The Morgan fingerprint density at radius 1 is 1.44 bits per heavy atom. The van der Waals surface area contributed by atoms with Crippen molar-refractivity contribution in [2.75, 3.05) is 13.1 Å². The Morgan fingerprint density at radius 3 is 2.62 bits per heavy atom. The van der Waals surface area contributed by atoms with Crippen LogP contribution >= 0.6 is 0 Å². The maximum absolute atomic E-state index is 11.1. The summed E-state index contributed by atoms with van der Waals surface area (Å²) in [6, 6.07) is 0. The molecule has 16 heavy (non-hydrogen) atoms. The Morgan fingerprint density at radius 2 is 2.12 bits per heavy atom. The number of aliphatic carboxylic acids is 1. The van der Waals surface area contributed by atoms with Gasteiger partial charge in [-0.1, -0.05) is 32.5 Å². The SMILES string of the molecule is BCCCCC(N)(CNCCCC)C(=O)O. The standard InChI is InChI=1S/C11H25BN2O2/c1-2-3-8-14-9-11(13,10(15)16)6-4-5-7-12/h14H,2-9,12-13H2,1H3,(H,15,16). The minimum atomic E-state index is -1.09. The van der Waals surface area contributed by atoms with E-state index in [9.17, 15) is 4.79 Å². The van der Waals surface area contributed by atoms with Crippen molar-refractivity contribution in [3.8, 4) is 0 Å². The van der Waals surface area contributed by atoms with Crippen LogP contribution in [0.4, 0.5) is 0 Å². The van der Waals surface area contributed by atoms with Crippen molar-refractivity contribution in [1.82, 2.24) is 5.32 Å². The zero-order valence-corrected chi connectivity index (χ0v) is 10.6. The first-order valence-electron chi connectivity index (χ1n) is 6.29. The minimum absolute atomic E-state index is 0.367. The Balaban J connectivity index is 3.96. The Hall–Kier alpha value is -0.545. The molecular weight excluding hydrogens is 203 g/mol. The Kier molecular flexibility index (Phi) is 8.30. The summed E-state index contributed by atoms with van der Waals surface area (Å²) in [5, 5.41) is 12.3. The van der Waals surface area contributed by atoms with E-state index in [1.54, 1.807) is 0 Å². The molecule has 0 bridgehead atoms. The van der Waals surface area contributed by atoms with E-state index in [1.807, 2.05) is 0 Å². The lowest BCUT2D eigenvalue weighted by molar-refractivity contribution is -0.143. The maximum atomic E-state index is 11.1. The molecule has 0 aliphatic rings. The van der Waals surface area contributed by atoms with Crippen LogP contribution in [0, 0.1) is 0 Å². The average Bonchev–Trinajstić information content (AvgIpc) is 2.25. The van der Waals surface area contributed by atoms with Crippen molar-refractivity contribution >= 4 is 13.8 Å². The Bertz CT molecular complexity index is 202. The van der Waals surface area contributed by atoms with Gasteiger partial charge in [0.2, 0.25) is 0 Å². The number of rotatable bonds is 10. The normalized spacial score (nSPS) is 14.6. The number of carboxylic acids is 1. The first kappa shape index (κ1) is 15.5. The van der Waals surface area contributed by atoms with Crippen LogP contribution in [0.2, 0.25) is 6.32 Å². The van der Waals surface area contributed by atoms with Crippen LogP contribution in [0.3, 0.4) is 0 Å². The molecule has 0 saturated carbocycles. The van der Waals surface area contributed by atoms with Crippen LogP contribution in [-0.4, -0.2) is 37.6 Å². The molecule has 0 heterocycles. The molecule has 0 rings (SSSR count). The van der Waals surface area contributed by atoms with Crippen LogP contribution in [0.5, 0.6) is 0 Å². The van der Waals surface area contributed by atoms with Gasteiger partial charge in [-0.25, -0.2) is 0 Å². The smallest absolute Gasteiger partial charge is 0.325 e. The molecule has 0 aromatic rings. The van der Waals surface area contributed by atoms with Crippen molar-refractivity contribution < 1.29 is 9.90 Å². The van der Waals surface area contributed by atoms with Gasteiger partial charge in [-0.2, -0.15) is 0 Å². The second kappa shape index (κ2) is 8.59. The van der Waals surface area contributed by atoms with Gasteiger partial charge in [-0.05, 0) is 19.4 Å². The van der Waals surface area contributed by atoms with E-state index < -0.39 is 11.5 Å². The second-order valence-electron chi connectivity index (χ2n) is 4.45. The third kappa shape index (κ3) is 6.13. The molecule has 0 radical (unpaired) electrons. The number of nitrogens with one attached hydrogen (secondary N) is 1. The van der Waals surface area contributed by atoms with E-state index in [-0.39, 0.29) is 0 Å². The number of unbranched alkanes of at least 4 members (excludes halogenated alkanes) is 2. The summed E-state index contributed by atoms with van der Waals surface area (Å²) in [5.74, 6) is -0.896. The molecule has 0 saturated heterocycles. The van der Waals surface area contributed by atoms with Gasteiger partial charge >= 0.3 is 5.97 Å². The van der Waals surface area contributed by atoms with Crippen molar-refractivity contribution in [2.45, 2.75) is 50.9 Å². The van der Waals surface area contributed by atoms with E-state index >= 15 is 0 Å². The van der Waals surface area contributed by atoms with Crippen molar-refractivity contribution in [1.29, 1.82) is 0 Å². The number of hydrogen-bond donors (Lipinski definition) is 3. The predicted octanol–water partition coefficient (Wildman–Crippen LogP) is 0.380. The second-order valence-corrected chi connectivity index (χ2v) is 4.45. The highest BCUT2D eigenvalue weighted by atomic mass is 16.4. The first-order chi connectivity index (χ1) is 7.56. The highest BCUT2D eigenvalue weighted by molar-refractivity contribution is 6.08. The van der Waals surface area contributed by atoms with Gasteiger partial charge in [0, 0.05) is 6.54 Å². The summed E-state index contributed by atoms with van der Waals surface area (Å²) in [6.45, 7) is 3.32. The van der Waals surface area contributed by atoms with Gasteiger partial charge in [0.15, 0.2) is 0 Å². The van der Waals surface area contributed by atoms with Gasteiger partial charge in [-0.15, -0.1) is 0 Å². The van der Waals surface area contributed by atoms with Gasteiger partial charge < -0.3 is 16.2 Å². The topological polar surface area (TPSA) is 75.3 Å². The lowest BCUT2D eigenvalue weighted by Crippen LogP contribution is -2.55. The molecule has 4 nitrogen and oxygen atoms in total. The van der Waals surface area contributed by atoms with E-state index in [0.717, 1.165) is 38.5 Å². The molecule has 0 aliphatic carbocycles. The van der Waals surface area contributed by atoms with Crippen LogP contribution < -0.4 is 11.1 Å². The van der Waals surface area contributed by atoms with Gasteiger partial charge in [0.05, 0.1) is 0 Å². The highest BCUT2D eigenvalue weighted by Gasteiger charge is 2.32. The molecule has 0 amide bonds. The summed E-state index contributed by atoms with van der Waals surface area (Å²) < 4.78 is 0. The Labute approximate surface area is 99.4 Å². The van der Waals surface area contributed by atoms with E-state index in [4.69, 9.17) is 10.8 Å². The van der Waals surface area contributed by atoms with E-state index in [0.29, 0.717) is 13.0 Å². The lowest BCUT2D eigenvalue weighted by Gasteiger charge is -2.25. The van der Waals surface area contributed by atoms with E-state index in [1.165, 1.54) is 0 Å². The van der Waals surface area contributed by atoms with Gasteiger partial charge in [0.25, 0.3) is 0 Å². The number of hydrogen-bond acceptors (Lipinski definition) is 3. The van der Waals surface area contributed by atoms with Crippen molar-refractivity contribution in [3.05, 3.63) is 0 Å². The summed E-state index contributed by atoms with van der Waals surface area (Å²) in [7, 11) is 2.10. The van der Waals surface area contributed by atoms with Crippen LogP contribution in [0.15, 0.2) is 0 Å². The fraction of sp³-hybridized carbons (Fsp3) is 0.909. The molecule has 5 heteroatoms.